The lowest BCUT2D eigenvalue weighted by atomic mass is 10.0. The second-order valence-corrected chi connectivity index (χ2v) is 11.5. The molecule has 0 aromatic rings. The molecule has 38 heavy (non-hydrogen) atoms. The minimum atomic E-state index is -0.803. The number of methoxy groups -OCH3 is 1. The van der Waals surface area contributed by atoms with E-state index in [4.69, 9.17) is 4.74 Å². The van der Waals surface area contributed by atoms with Crippen molar-refractivity contribution in [3.63, 3.8) is 0 Å². The van der Waals surface area contributed by atoms with Gasteiger partial charge in [0, 0.05) is 13.5 Å². The lowest BCUT2D eigenvalue weighted by Gasteiger charge is -2.20. The molecule has 0 rings (SSSR count). The monoisotopic (exact) mass is 538 g/mol. The third-order valence-corrected chi connectivity index (χ3v) is 7.68. The molecule has 0 bridgehead atoms. The van der Waals surface area contributed by atoms with E-state index in [0.717, 1.165) is 25.7 Å². The molecule has 0 aliphatic rings. The molecule has 2 N–H and O–H groups in total. The number of carbonyl (C=O) groups excluding carboxylic acids is 1. The number of hydrogen-bond acceptors (Lipinski definition) is 3. The van der Waals surface area contributed by atoms with Gasteiger partial charge in [-0.2, -0.15) is 0 Å². The predicted molar refractivity (Wildman–Crippen MR) is 165 cm³/mol. The van der Waals surface area contributed by atoms with Crippen LogP contribution < -0.4 is 5.32 Å². The Kier molecular flexibility index (Phi) is 30.0. The van der Waals surface area contributed by atoms with E-state index in [1.807, 2.05) is 6.08 Å². The Hall–Kier alpha value is -0.870. The molecule has 0 saturated heterocycles. The van der Waals surface area contributed by atoms with Crippen LogP contribution in [0.3, 0.4) is 0 Å². The first-order valence-corrected chi connectivity index (χ1v) is 16.8. The number of unbranched alkanes of at least 4 members (excludes halogenated alkanes) is 23. The quantitative estimate of drug-likeness (QED) is 0.0544. The zero-order valence-electron chi connectivity index (χ0n) is 26.0. The summed E-state index contributed by atoms with van der Waals surface area (Å²) in [4.78, 5) is 12.3. The molecule has 4 nitrogen and oxygen atoms in total. The van der Waals surface area contributed by atoms with Crippen LogP contribution in [0.2, 0.25) is 0 Å². The Balaban J connectivity index is 3.63. The topological polar surface area (TPSA) is 58.6 Å². The van der Waals surface area contributed by atoms with Crippen molar-refractivity contribution in [1.29, 1.82) is 0 Å². The van der Waals surface area contributed by atoms with Crippen molar-refractivity contribution >= 4 is 5.91 Å². The maximum absolute atomic E-state index is 12.3. The molecular weight excluding hydrogens is 470 g/mol. The average Bonchev–Trinajstić information content (AvgIpc) is 2.92. The number of ether oxygens (including phenoxy) is 1. The summed E-state index contributed by atoms with van der Waals surface area (Å²) in [6.07, 6.45) is 35.5. The lowest BCUT2D eigenvalue weighted by molar-refractivity contribution is -0.127. The Labute approximate surface area is 238 Å². The van der Waals surface area contributed by atoms with Gasteiger partial charge in [-0.05, 0) is 19.3 Å². The van der Waals surface area contributed by atoms with Crippen LogP contribution in [0.4, 0.5) is 0 Å². The van der Waals surface area contributed by atoms with Gasteiger partial charge in [-0.25, -0.2) is 0 Å². The summed E-state index contributed by atoms with van der Waals surface area (Å²) in [6.45, 7) is 4.54. The first-order valence-electron chi connectivity index (χ1n) is 16.8. The molecule has 4 heteroatoms. The van der Waals surface area contributed by atoms with E-state index in [0.29, 0.717) is 6.42 Å². The highest BCUT2D eigenvalue weighted by molar-refractivity contribution is 5.76. The SMILES string of the molecule is CCCCCCCCCCCCCCC/C=C/[C@@H](O)[C@H](NC(=O)CCCCCCCCCCCCC)OC. The molecule has 0 unspecified atom stereocenters. The van der Waals surface area contributed by atoms with Gasteiger partial charge in [-0.15, -0.1) is 0 Å². The number of carbonyl (C=O) groups is 1. The van der Waals surface area contributed by atoms with E-state index >= 15 is 0 Å². The van der Waals surface area contributed by atoms with Crippen molar-refractivity contribution in [3.8, 4) is 0 Å². The number of amides is 1. The maximum Gasteiger partial charge on any atom is 0.222 e. The van der Waals surface area contributed by atoms with Gasteiger partial charge in [0.15, 0.2) is 6.23 Å². The molecule has 0 heterocycles. The predicted octanol–water partition coefficient (Wildman–Crippen LogP) is 10.2. The van der Waals surface area contributed by atoms with E-state index in [2.05, 4.69) is 19.2 Å². The number of aliphatic hydroxyl groups is 1. The third kappa shape index (κ3) is 26.7. The van der Waals surface area contributed by atoms with Crippen LogP contribution in [0.15, 0.2) is 12.2 Å². The molecule has 0 saturated carbocycles. The van der Waals surface area contributed by atoms with Gasteiger partial charge in [0.25, 0.3) is 0 Å². The normalized spacial score (nSPS) is 13.3. The molecule has 1 amide bonds. The smallest absolute Gasteiger partial charge is 0.222 e. The molecule has 226 valence electrons. The molecule has 0 aromatic carbocycles. The summed E-state index contributed by atoms with van der Waals surface area (Å²) in [5.74, 6) is -0.0308. The number of allylic oxidation sites excluding steroid dienone is 1. The van der Waals surface area contributed by atoms with E-state index in [-0.39, 0.29) is 5.91 Å². The van der Waals surface area contributed by atoms with Crippen molar-refractivity contribution in [1.82, 2.24) is 5.32 Å². The Morgan fingerprint density at radius 3 is 1.39 bits per heavy atom. The molecule has 0 aliphatic heterocycles. The number of aliphatic hydroxyl groups excluding tert-OH is 1. The molecule has 0 fully saturated rings. The van der Waals surface area contributed by atoms with E-state index in [1.165, 1.54) is 142 Å². The van der Waals surface area contributed by atoms with Crippen LogP contribution >= 0.6 is 0 Å². The lowest BCUT2D eigenvalue weighted by Crippen LogP contribution is -2.43. The molecule has 0 aromatic heterocycles. The molecule has 0 spiro atoms. The average molecular weight is 538 g/mol. The van der Waals surface area contributed by atoms with Gasteiger partial charge in [0.05, 0.1) is 0 Å². The Morgan fingerprint density at radius 1 is 0.632 bits per heavy atom. The minimum absolute atomic E-state index is 0.0308. The van der Waals surface area contributed by atoms with Crippen molar-refractivity contribution in [2.45, 2.75) is 193 Å². The van der Waals surface area contributed by atoms with E-state index in [1.54, 1.807) is 6.08 Å². The van der Waals surface area contributed by atoms with Crippen LogP contribution in [0.1, 0.15) is 181 Å². The Morgan fingerprint density at radius 2 is 1.00 bits per heavy atom. The van der Waals surface area contributed by atoms with Crippen molar-refractivity contribution in [3.05, 3.63) is 12.2 Å². The number of rotatable bonds is 30. The zero-order chi connectivity index (χ0) is 27.9. The van der Waals surface area contributed by atoms with E-state index in [9.17, 15) is 9.90 Å². The molecular formula is C34H67NO3. The molecule has 0 radical (unpaired) electrons. The van der Waals surface area contributed by atoms with Gasteiger partial charge >= 0.3 is 0 Å². The first kappa shape index (κ1) is 37.1. The minimum Gasteiger partial charge on any atom is -0.384 e. The number of nitrogens with one attached hydrogen (secondary N) is 1. The van der Waals surface area contributed by atoms with Crippen LogP contribution in [-0.2, 0) is 9.53 Å². The van der Waals surface area contributed by atoms with Gasteiger partial charge in [-0.1, -0.05) is 167 Å². The second kappa shape index (κ2) is 30.7. The maximum atomic E-state index is 12.3. The van der Waals surface area contributed by atoms with Crippen LogP contribution in [0, 0.1) is 0 Å². The van der Waals surface area contributed by atoms with Crippen LogP contribution in [0.5, 0.6) is 0 Å². The van der Waals surface area contributed by atoms with Gasteiger partial charge in [0.1, 0.15) is 6.10 Å². The van der Waals surface area contributed by atoms with E-state index < -0.39 is 12.3 Å². The number of hydrogen-bond donors (Lipinski definition) is 2. The van der Waals surface area contributed by atoms with Gasteiger partial charge in [0.2, 0.25) is 5.91 Å². The highest BCUT2D eigenvalue weighted by Crippen LogP contribution is 2.14. The fourth-order valence-electron chi connectivity index (χ4n) is 5.08. The highest BCUT2D eigenvalue weighted by atomic mass is 16.5. The summed E-state index contributed by atoms with van der Waals surface area (Å²) in [7, 11) is 1.54. The van der Waals surface area contributed by atoms with Gasteiger partial charge < -0.3 is 15.2 Å². The summed E-state index contributed by atoms with van der Waals surface area (Å²) >= 11 is 0. The summed E-state index contributed by atoms with van der Waals surface area (Å²) in [5.41, 5.74) is 0. The van der Waals surface area contributed by atoms with Gasteiger partial charge in [-0.3, -0.25) is 4.79 Å². The van der Waals surface area contributed by atoms with Crippen molar-refractivity contribution in [2.75, 3.05) is 7.11 Å². The molecule has 0 aliphatic carbocycles. The Bertz CT molecular complexity index is 508. The third-order valence-electron chi connectivity index (χ3n) is 7.68. The first-order chi connectivity index (χ1) is 18.7. The van der Waals surface area contributed by atoms with Crippen molar-refractivity contribution in [2.24, 2.45) is 0 Å². The van der Waals surface area contributed by atoms with Crippen LogP contribution in [-0.4, -0.2) is 30.5 Å². The summed E-state index contributed by atoms with van der Waals surface area (Å²) < 4.78 is 5.33. The second-order valence-electron chi connectivity index (χ2n) is 11.5. The zero-order valence-corrected chi connectivity index (χ0v) is 26.0. The fourth-order valence-corrected chi connectivity index (χ4v) is 5.08. The largest absolute Gasteiger partial charge is 0.384 e. The van der Waals surface area contributed by atoms with Crippen LogP contribution in [0.25, 0.3) is 0 Å². The standard InChI is InChI=1S/C34H67NO3/c1-4-6-8-10-12-14-16-17-18-19-21-22-24-26-28-30-32(36)34(38-3)35-33(37)31-29-27-25-23-20-15-13-11-9-7-5-2/h28,30,32,34,36H,4-27,29,31H2,1-3H3,(H,35,37)/b30-28+/t32-,34-/m1/s1. The fraction of sp³-hybridized carbons (Fsp3) is 0.912. The summed E-state index contributed by atoms with van der Waals surface area (Å²) in [5, 5.41) is 13.2. The highest BCUT2D eigenvalue weighted by Gasteiger charge is 2.18. The summed E-state index contributed by atoms with van der Waals surface area (Å²) in [6, 6.07) is 0. The van der Waals surface area contributed by atoms with Crippen molar-refractivity contribution < 1.29 is 14.6 Å². The molecule has 2 atom stereocenters.